The first-order chi connectivity index (χ1) is 10.3. The predicted octanol–water partition coefficient (Wildman–Crippen LogP) is 2.33. The molecule has 0 atom stereocenters. The highest BCUT2D eigenvalue weighted by atomic mass is 16.5. The van der Waals surface area contributed by atoms with Crippen molar-refractivity contribution in [1.29, 1.82) is 0 Å². The zero-order chi connectivity index (χ0) is 15.1. The number of benzene rings is 1. The van der Waals surface area contributed by atoms with E-state index in [1.807, 2.05) is 39.1 Å². The van der Waals surface area contributed by atoms with E-state index in [0.29, 0.717) is 37.4 Å². The Morgan fingerprint density at radius 3 is 2.67 bits per heavy atom. The zero-order valence-corrected chi connectivity index (χ0v) is 12.5. The molecule has 0 bridgehead atoms. The van der Waals surface area contributed by atoms with Crippen molar-refractivity contribution in [2.75, 3.05) is 25.6 Å². The van der Waals surface area contributed by atoms with E-state index in [1.54, 1.807) is 0 Å². The average Bonchev–Trinajstić information content (AvgIpc) is 2.90. The first kappa shape index (κ1) is 15.1. The molecule has 1 aromatic heterocycles. The zero-order valence-electron chi connectivity index (χ0n) is 12.5. The third-order valence-electron chi connectivity index (χ3n) is 2.60. The molecule has 0 aliphatic carbocycles. The SMILES string of the molecule is CCOc1ccc(OCC)c(Nc2nnc(CNC)o2)c1. The number of anilines is 2. The van der Waals surface area contributed by atoms with Crippen molar-refractivity contribution in [2.24, 2.45) is 0 Å². The Labute approximate surface area is 123 Å². The summed E-state index contributed by atoms with van der Waals surface area (Å²) in [5.41, 5.74) is 0.724. The minimum absolute atomic E-state index is 0.315. The summed E-state index contributed by atoms with van der Waals surface area (Å²) in [6.45, 7) is 5.55. The summed E-state index contributed by atoms with van der Waals surface area (Å²) in [6, 6.07) is 5.87. The van der Waals surface area contributed by atoms with Crippen LogP contribution in [0.1, 0.15) is 19.7 Å². The molecule has 7 nitrogen and oxygen atoms in total. The second kappa shape index (κ2) is 7.49. The van der Waals surface area contributed by atoms with Crippen LogP contribution in [-0.4, -0.2) is 30.5 Å². The molecule has 0 radical (unpaired) electrons. The third kappa shape index (κ3) is 4.09. The topological polar surface area (TPSA) is 81.4 Å². The summed E-state index contributed by atoms with van der Waals surface area (Å²) in [4.78, 5) is 0. The van der Waals surface area contributed by atoms with E-state index in [-0.39, 0.29) is 0 Å². The van der Waals surface area contributed by atoms with Crippen molar-refractivity contribution < 1.29 is 13.9 Å². The van der Waals surface area contributed by atoms with Gasteiger partial charge in [-0.05, 0) is 33.0 Å². The molecule has 0 amide bonds. The minimum atomic E-state index is 0.315. The maximum Gasteiger partial charge on any atom is 0.320 e. The number of ether oxygens (including phenoxy) is 2. The monoisotopic (exact) mass is 292 g/mol. The molecule has 0 saturated heterocycles. The van der Waals surface area contributed by atoms with E-state index in [0.717, 1.165) is 11.4 Å². The fourth-order valence-electron chi connectivity index (χ4n) is 1.79. The Kier molecular flexibility index (Phi) is 5.39. The van der Waals surface area contributed by atoms with Gasteiger partial charge in [0.25, 0.3) is 0 Å². The van der Waals surface area contributed by atoms with Crippen LogP contribution in [-0.2, 0) is 6.54 Å². The lowest BCUT2D eigenvalue weighted by Gasteiger charge is -2.12. The highest BCUT2D eigenvalue weighted by Crippen LogP contribution is 2.31. The number of rotatable bonds is 8. The highest BCUT2D eigenvalue weighted by Gasteiger charge is 2.10. The third-order valence-corrected chi connectivity index (χ3v) is 2.60. The molecule has 1 heterocycles. The van der Waals surface area contributed by atoms with Crippen molar-refractivity contribution >= 4 is 11.7 Å². The van der Waals surface area contributed by atoms with Gasteiger partial charge in [-0.1, -0.05) is 5.10 Å². The molecule has 2 N–H and O–H groups in total. The number of aromatic nitrogens is 2. The molecule has 114 valence electrons. The summed E-state index contributed by atoms with van der Waals surface area (Å²) in [5, 5.41) is 13.9. The molecule has 21 heavy (non-hydrogen) atoms. The van der Waals surface area contributed by atoms with Crippen LogP contribution >= 0.6 is 0 Å². The van der Waals surface area contributed by atoms with Gasteiger partial charge >= 0.3 is 6.01 Å². The number of nitrogens with zero attached hydrogens (tertiary/aromatic N) is 2. The Bertz CT molecular complexity index is 571. The van der Waals surface area contributed by atoms with Gasteiger partial charge in [0, 0.05) is 6.07 Å². The van der Waals surface area contributed by atoms with Gasteiger partial charge in [-0.2, -0.15) is 0 Å². The summed E-state index contributed by atoms with van der Waals surface area (Å²) < 4.78 is 16.5. The molecule has 2 rings (SSSR count). The summed E-state index contributed by atoms with van der Waals surface area (Å²) >= 11 is 0. The largest absolute Gasteiger partial charge is 0.494 e. The standard InChI is InChI=1S/C14H20N4O3/c1-4-19-10-6-7-12(20-5-2)11(8-10)16-14-18-17-13(21-14)9-15-3/h6-8,15H,4-5,9H2,1-3H3,(H,16,18). The van der Waals surface area contributed by atoms with Gasteiger partial charge in [0.15, 0.2) is 0 Å². The average molecular weight is 292 g/mol. The Morgan fingerprint density at radius 1 is 1.14 bits per heavy atom. The van der Waals surface area contributed by atoms with Gasteiger partial charge in [0.1, 0.15) is 11.5 Å². The van der Waals surface area contributed by atoms with Crippen LogP contribution in [0.25, 0.3) is 0 Å². The highest BCUT2D eigenvalue weighted by molar-refractivity contribution is 5.64. The molecule has 0 aliphatic rings. The summed E-state index contributed by atoms with van der Waals surface area (Å²) in [6.07, 6.45) is 0. The van der Waals surface area contributed by atoms with Crippen molar-refractivity contribution in [3.63, 3.8) is 0 Å². The molecule has 2 aromatic rings. The van der Waals surface area contributed by atoms with Gasteiger partial charge in [0.05, 0.1) is 25.4 Å². The number of hydrogen-bond acceptors (Lipinski definition) is 7. The van der Waals surface area contributed by atoms with E-state index in [4.69, 9.17) is 13.9 Å². The number of hydrogen-bond donors (Lipinski definition) is 2. The Balaban J connectivity index is 2.20. The Hall–Kier alpha value is -2.28. The van der Waals surface area contributed by atoms with Gasteiger partial charge in [0.2, 0.25) is 5.89 Å². The van der Waals surface area contributed by atoms with Crippen molar-refractivity contribution in [3.8, 4) is 11.5 Å². The van der Waals surface area contributed by atoms with Crippen molar-refractivity contribution in [1.82, 2.24) is 15.5 Å². The minimum Gasteiger partial charge on any atom is -0.494 e. The fourth-order valence-corrected chi connectivity index (χ4v) is 1.79. The van der Waals surface area contributed by atoms with Crippen LogP contribution in [0.3, 0.4) is 0 Å². The summed E-state index contributed by atoms with van der Waals surface area (Å²) in [7, 11) is 1.82. The second-order valence-corrected chi connectivity index (χ2v) is 4.18. The quantitative estimate of drug-likeness (QED) is 0.772. The van der Waals surface area contributed by atoms with Crippen LogP contribution in [0.4, 0.5) is 11.7 Å². The van der Waals surface area contributed by atoms with E-state index in [2.05, 4.69) is 20.8 Å². The van der Waals surface area contributed by atoms with E-state index in [9.17, 15) is 0 Å². The molecule has 0 aliphatic heterocycles. The molecule has 0 spiro atoms. The fraction of sp³-hybridized carbons (Fsp3) is 0.429. The lowest BCUT2D eigenvalue weighted by Crippen LogP contribution is -2.04. The molecule has 0 fully saturated rings. The van der Waals surface area contributed by atoms with Gasteiger partial charge in [-0.25, -0.2) is 0 Å². The number of nitrogens with one attached hydrogen (secondary N) is 2. The van der Waals surface area contributed by atoms with Gasteiger partial charge in [-0.15, -0.1) is 5.10 Å². The van der Waals surface area contributed by atoms with Gasteiger partial charge in [-0.3, -0.25) is 0 Å². The van der Waals surface area contributed by atoms with E-state index >= 15 is 0 Å². The van der Waals surface area contributed by atoms with Crippen LogP contribution in [0.15, 0.2) is 22.6 Å². The summed E-state index contributed by atoms with van der Waals surface area (Å²) in [5.74, 6) is 1.96. The second-order valence-electron chi connectivity index (χ2n) is 4.18. The predicted molar refractivity (Wildman–Crippen MR) is 79.1 cm³/mol. The van der Waals surface area contributed by atoms with Crippen molar-refractivity contribution in [2.45, 2.75) is 20.4 Å². The van der Waals surface area contributed by atoms with E-state index < -0.39 is 0 Å². The molecular weight excluding hydrogens is 272 g/mol. The maximum atomic E-state index is 5.58. The van der Waals surface area contributed by atoms with Crippen LogP contribution in [0, 0.1) is 0 Å². The van der Waals surface area contributed by atoms with Crippen LogP contribution < -0.4 is 20.1 Å². The lowest BCUT2D eigenvalue weighted by molar-refractivity contribution is 0.332. The van der Waals surface area contributed by atoms with Crippen LogP contribution in [0.5, 0.6) is 11.5 Å². The van der Waals surface area contributed by atoms with Crippen molar-refractivity contribution in [3.05, 3.63) is 24.1 Å². The van der Waals surface area contributed by atoms with Gasteiger partial charge < -0.3 is 24.5 Å². The smallest absolute Gasteiger partial charge is 0.320 e. The first-order valence-corrected chi connectivity index (χ1v) is 6.90. The molecular formula is C14H20N4O3. The molecule has 0 unspecified atom stereocenters. The first-order valence-electron chi connectivity index (χ1n) is 6.90. The molecule has 0 saturated carbocycles. The maximum absolute atomic E-state index is 5.58. The lowest BCUT2D eigenvalue weighted by atomic mass is 10.2. The Morgan fingerprint density at radius 2 is 1.95 bits per heavy atom. The normalized spacial score (nSPS) is 10.4. The van der Waals surface area contributed by atoms with E-state index in [1.165, 1.54) is 0 Å². The van der Waals surface area contributed by atoms with Crippen LogP contribution in [0.2, 0.25) is 0 Å². The molecule has 7 heteroatoms. The molecule has 1 aromatic carbocycles.